The van der Waals surface area contributed by atoms with Crippen molar-refractivity contribution in [1.82, 2.24) is 4.98 Å². The molecule has 0 fully saturated rings. The van der Waals surface area contributed by atoms with Crippen molar-refractivity contribution >= 4 is 28.7 Å². The van der Waals surface area contributed by atoms with E-state index in [9.17, 15) is 4.79 Å². The molecule has 0 unspecified atom stereocenters. The van der Waals surface area contributed by atoms with Crippen molar-refractivity contribution in [2.24, 2.45) is 5.10 Å². The van der Waals surface area contributed by atoms with Crippen molar-refractivity contribution in [1.29, 1.82) is 0 Å². The minimum atomic E-state index is -0.379. The van der Waals surface area contributed by atoms with E-state index in [1.165, 1.54) is 11.3 Å². The number of aryl methyl sites for hydroxylation is 1. The number of thiazole rings is 1. The van der Waals surface area contributed by atoms with E-state index < -0.39 is 0 Å². The summed E-state index contributed by atoms with van der Waals surface area (Å²) in [4.78, 5) is 16.7. The van der Waals surface area contributed by atoms with Gasteiger partial charge in [-0.15, -0.1) is 11.3 Å². The minimum Gasteiger partial charge on any atom is -0.423 e. The van der Waals surface area contributed by atoms with Gasteiger partial charge in [-0.2, -0.15) is 5.10 Å². The Kier molecular flexibility index (Phi) is 5.96. The fourth-order valence-corrected chi connectivity index (χ4v) is 3.37. The van der Waals surface area contributed by atoms with Crippen LogP contribution in [0.1, 0.15) is 21.5 Å². The number of esters is 1. The van der Waals surface area contributed by atoms with Crippen LogP contribution >= 0.6 is 11.3 Å². The first-order valence-electron chi connectivity index (χ1n) is 9.36. The van der Waals surface area contributed by atoms with E-state index in [-0.39, 0.29) is 5.97 Å². The van der Waals surface area contributed by atoms with Crippen molar-refractivity contribution in [2.45, 2.75) is 6.92 Å². The molecule has 6 heteroatoms. The predicted molar refractivity (Wildman–Crippen MR) is 121 cm³/mol. The Morgan fingerprint density at radius 1 is 1.00 bits per heavy atom. The molecule has 0 radical (unpaired) electrons. The maximum Gasteiger partial charge on any atom is 0.343 e. The standard InChI is InChI=1S/C24H19N3O2S/c1-17-7-11-20(12-8-17)23(28)29-21-13-9-18(10-14-21)15-25-27-24-26-22(16-30-24)19-5-3-2-4-6-19/h2-16H,1H3,(H,26,27)/b25-15-. The maximum atomic E-state index is 12.2. The summed E-state index contributed by atoms with van der Waals surface area (Å²) in [6, 6.07) is 24.4. The van der Waals surface area contributed by atoms with Gasteiger partial charge in [-0.1, -0.05) is 48.0 Å². The number of hydrogen-bond donors (Lipinski definition) is 1. The van der Waals surface area contributed by atoms with Gasteiger partial charge in [0.25, 0.3) is 0 Å². The fourth-order valence-electron chi connectivity index (χ4n) is 2.71. The fraction of sp³-hybridized carbons (Fsp3) is 0.0417. The van der Waals surface area contributed by atoms with Crippen LogP contribution in [0, 0.1) is 6.92 Å². The van der Waals surface area contributed by atoms with E-state index in [1.807, 2.05) is 66.9 Å². The van der Waals surface area contributed by atoms with Gasteiger partial charge in [-0.25, -0.2) is 9.78 Å². The van der Waals surface area contributed by atoms with E-state index in [2.05, 4.69) is 15.5 Å². The lowest BCUT2D eigenvalue weighted by Gasteiger charge is -2.05. The van der Waals surface area contributed by atoms with E-state index >= 15 is 0 Å². The average Bonchev–Trinajstić information content (AvgIpc) is 3.25. The van der Waals surface area contributed by atoms with Crippen LogP contribution in [-0.2, 0) is 0 Å². The molecule has 0 atom stereocenters. The lowest BCUT2D eigenvalue weighted by atomic mass is 10.1. The third kappa shape index (κ3) is 4.98. The number of carbonyl (C=O) groups excluding carboxylic acids is 1. The minimum absolute atomic E-state index is 0.379. The normalized spacial score (nSPS) is 10.8. The van der Waals surface area contributed by atoms with Crippen LogP contribution in [0.25, 0.3) is 11.3 Å². The number of hydrogen-bond acceptors (Lipinski definition) is 6. The van der Waals surface area contributed by atoms with Crippen molar-refractivity contribution in [2.75, 3.05) is 5.43 Å². The van der Waals surface area contributed by atoms with E-state index in [1.54, 1.807) is 30.5 Å². The topological polar surface area (TPSA) is 63.6 Å². The number of rotatable bonds is 6. The van der Waals surface area contributed by atoms with Crippen LogP contribution in [0.3, 0.4) is 0 Å². The van der Waals surface area contributed by atoms with Gasteiger partial charge in [0.15, 0.2) is 0 Å². The second kappa shape index (κ2) is 9.15. The molecule has 0 amide bonds. The molecular weight excluding hydrogens is 394 g/mol. The molecule has 0 bridgehead atoms. The zero-order chi connectivity index (χ0) is 20.8. The maximum absolute atomic E-state index is 12.2. The number of anilines is 1. The predicted octanol–water partition coefficient (Wildman–Crippen LogP) is 5.78. The Morgan fingerprint density at radius 2 is 1.73 bits per heavy atom. The van der Waals surface area contributed by atoms with Crippen LogP contribution in [0.2, 0.25) is 0 Å². The van der Waals surface area contributed by atoms with Crippen molar-refractivity contribution in [3.63, 3.8) is 0 Å². The van der Waals surface area contributed by atoms with Gasteiger partial charge < -0.3 is 4.74 Å². The number of ether oxygens (including phenoxy) is 1. The third-order valence-corrected chi connectivity index (χ3v) is 5.07. The smallest absolute Gasteiger partial charge is 0.343 e. The van der Waals surface area contributed by atoms with Crippen LogP contribution in [0.4, 0.5) is 5.13 Å². The Balaban J connectivity index is 1.33. The highest BCUT2D eigenvalue weighted by Gasteiger charge is 2.08. The van der Waals surface area contributed by atoms with Crippen LogP contribution in [0.5, 0.6) is 5.75 Å². The summed E-state index contributed by atoms with van der Waals surface area (Å²) in [5, 5.41) is 6.94. The van der Waals surface area contributed by atoms with Crippen LogP contribution in [-0.4, -0.2) is 17.2 Å². The molecule has 0 aliphatic heterocycles. The monoisotopic (exact) mass is 413 g/mol. The number of nitrogens with zero attached hydrogens (tertiary/aromatic N) is 2. The summed E-state index contributed by atoms with van der Waals surface area (Å²) in [7, 11) is 0. The summed E-state index contributed by atoms with van der Waals surface area (Å²) in [6.07, 6.45) is 1.69. The molecule has 0 aliphatic rings. The van der Waals surface area contributed by atoms with Crippen molar-refractivity contribution in [3.05, 3.63) is 101 Å². The van der Waals surface area contributed by atoms with Crippen LogP contribution < -0.4 is 10.2 Å². The molecule has 4 rings (SSSR count). The summed E-state index contributed by atoms with van der Waals surface area (Å²) in [5.74, 6) is 0.106. The Morgan fingerprint density at radius 3 is 2.47 bits per heavy atom. The average molecular weight is 414 g/mol. The first-order valence-corrected chi connectivity index (χ1v) is 10.2. The molecule has 5 nitrogen and oxygen atoms in total. The molecule has 1 heterocycles. The molecular formula is C24H19N3O2S. The van der Waals surface area contributed by atoms with Crippen molar-refractivity contribution in [3.8, 4) is 17.0 Å². The van der Waals surface area contributed by atoms with Gasteiger partial charge in [0, 0.05) is 10.9 Å². The van der Waals surface area contributed by atoms with Crippen molar-refractivity contribution < 1.29 is 9.53 Å². The summed E-state index contributed by atoms with van der Waals surface area (Å²) in [5.41, 5.74) is 7.42. The molecule has 3 aromatic carbocycles. The van der Waals surface area contributed by atoms with Gasteiger partial charge in [0.05, 0.1) is 17.5 Å². The zero-order valence-electron chi connectivity index (χ0n) is 16.3. The number of carbonyl (C=O) groups is 1. The number of nitrogens with one attached hydrogen (secondary N) is 1. The van der Waals surface area contributed by atoms with E-state index in [0.717, 1.165) is 22.4 Å². The van der Waals surface area contributed by atoms with Gasteiger partial charge in [-0.05, 0) is 48.9 Å². The SMILES string of the molecule is Cc1ccc(C(=O)Oc2ccc(/C=N\Nc3nc(-c4ccccc4)cs3)cc2)cc1. The second-order valence-corrected chi connectivity index (χ2v) is 7.46. The molecule has 0 saturated heterocycles. The summed E-state index contributed by atoms with van der Waals surface area (Å²) < 4.78 is 5.41. The Labute approximate surface area is 178 Å². The zero-order valence-corrected chi connectivity index (χ0v) is 17.1. The highest BCUT2D eigenvalue weighted by Crippen LogP contribution is 2.24. The molecule has 1 N–H and O–H groups in total. The third-order valence-electron chi connectivity index (χ3n) is 4.33. The highest BCUT2D eigenvalue weighted by molar-refractivity contribution is 7.14. The molecule has 1 aromatic heterocycles. The largest absolute Gasteiger partial charge is 0.423 e. The number of aromatic nitrogens is 1. The quantitative estimate of drug-likeness (QED) is 0.188. The lowest BCUT2D eigenvalue weighted by Crippen LogP contribution is -2.08. The molecule has 0 saturated carbocycles. The summed E-state index contributed by atoms with van der Waals surface area (Å²) in [6.45, 7) is 1.97. The van der Waals surface area contributed by atoms with Crippen LogP contribution in [0.15, 0.2) is 89.3 Å². The van der Waals surface area contributed by atoms with Gasteiger partial charge in [-0.3, -0.25) is 5.43 Å². The molecule has 0 spiro atoms. The molecule has 4 aromatic rings. The molecule has 30 heavy (non-hydrogen) atoms. The first kappa shape index (κ1) is 19.5. The van der Waals surface area contributed by atoms with Gasteiger partial charge in [0.2, 0.25) is 5.13 Å². The van der Waals surface area contributed by atoms with Gasteiger partial charge >= 0.3 is 5.97 Å². The molecule has 0 aliphatic carbocycles. The Hall–Kier alpha value is -3.77. The number of benzene rings is 3. The Bertz CT molecular complexity index is 1150. The first-order chi connectivity index (χ1) is 14.7. The lowest BCUT2D eigenvalue weighted by molar-refractivity contribution is 0.0735. The summed E-state index contributed by atoms with van der Waals surface area (Å²) >= 11 is 1.49. The second-order valence-electron chi connectivity index (χ2n) is 6.60. The number of hydrazone groups is 1. The van der Waals surface area contributed by atoms with E-state index in [4.69, 9.17) is 4.74 Å². The molecule has 148 valence electrons. The van der Waals surface area contributed by atoms with Gasteiger partial charge in [0.1, 0.15) is 5.75 Å². The van der Waals surface area contributed by atoms with E-state index in [0.29, 0.717) is 16.4 Å². The highest BCUT2D eigenvalue weighted by atomic mass is 32.1.